The Bertz CT molecular complexity index is 412. The van der Waals surface area contributed by atoms with Crippen molar-refractivity contribution < 1.29 is 30.9 Å². The van der Waals surface area contributed by atoms with Crippen molar-refractivity contribution in [3.63, 3.8) is 0 Å². The van der Waals surface area contributed by atoms with Crippen LogP contribution in [0.25, 0.3) is 0 Å². The number of alkyl halides is 6. The number of halogens is 6. The van der Waals surface area contributed by atoms with Gasteiger partial charge in [-0.05, 0) is 0 Å². The molecule has 0 aliphatic heterocycles. The van der Waals surface area contributed by atoms with Crippen LogP contribution in [0.5, 0.6) is 0 Å². The van der Waals surface area contributed by atoms with Crippen molar-refractivity contribution in [3.8, 4) is 0 Å². The summed E-state index contributed by atoms with van der Waals surface area (Å²) in [5, 5.41) is -1.25. The molecule has 2 nitrogen and oxygen atoms in total. The minimum Gasteiger partial charge on any atom is -0.301 e. The van der Waals surface area contributed by atoms with Gasteiger partial charge in [0.05, 0.1) is 0 Å². The van der Waals surface area contributed by atoms with Crippen LogP contribution in [-0.4, -0.2) is 35.3 Å². The van der Waals surface area contributed by atoms with Gasteiger partial charge >= 0.3 is 12.4 Å². The Labute approximate surface area is 120 Å². The smallest absolute Gasteiger partial charge is 0.301 e. The van der Waals surface area contributed by atoms with Crippen LogP contribution in [0.3, 0.4) is 0 Å². The fraction of sp³-hybridized carbons (Fsp3) is 0.833. The number of hydrogen-bond donors (Lipinski definition) is 0. The Hall–Kier alpha value is -0.490. The lowest BCUT2D eigenvalue weighted by Crippen LogP contribution is -2.32. The van der Waals surface area contributed by atoms with Gasteiger partial charge in [0.25, 0.3) is 0 Å². The fourth-order valence-electron chi connectivity index (χ4n) is 1.83. The molecule has 0 aliphatic carbocycles. The van der Waals surface area contributed by atoms with Gasteiger partial charge in [-0.3, -0.25) is 4.67 Å². The van der Waals surface area contributed by atoms with Gasteiger partial charge in [0.2, 0.25) is 0 Å². The molecule has 0 saturated heterocycles. The van der Waals surface area contributed by atoms with E-state index in [4.69, 9.17) is 0 Å². The summed E-state index contributed by atoms with van der Waals surface area (Å²) in [7, 11) is -4.03. The largest absolute Gasteiger partial charge is 0.421 e. The summed E-state index contributed by atoms with van der Waals surface area (Å²) in [6.45, 7) is 7.36. The van der Waals surface area contributed by atoms with Gasteiger partial charge in [-0.2, -0.15) is 26.3 Å². The summed E-state index contributed by atoms with van der Waals surface area (Å²) in [6.07, 6.45) is -11.2. The molecule has 0 aromatic heterocycles. The highest BCUT2D eigenvalue weighted by Gasteiger charge is 2.54. The van der Waals surface area contributed by atoms with Gasteiger partial charge in [-0.15, -0.1) is 0 Å². The molecule has 0 rings (SSSR count). The molecule has 0 aliphatic rings. The predicted molar refractivity (Wildman–Crippen MR) is 70.5 cm³/mol. The summed E-state index contributed by atoms with van der Waals surface area (Å²) in [5.74, 6) is -0.111. The van der Waals surface area contributed by atoms with Crippen LogP contribution in [0, 0.1) is 0 Å². The van der Waals surface area contributed by atoms with Crippen LogP contribution in [0.1, 0.15) is 34.6 Å². The van der Waals surface area contributed by atoms with Crippen molar-refractivity contribution in [2.24, 2.45) is 0 Å². The van der Waals surface area contributed by atoms with Crippen LogP contribution in [0.4, 0.5) is 26.3 Å². The van der Waals surface area contributed by atoms with E-state index in [-0.39, 0.29) is 18.9 Å². The first-order valence-electron chi connectivity index (χ1n) is 6.33. The minimum absolute atomic E-state index is 0.0878. The second-order valence-corrected chi connectivity index (χ2v) is 8.88. The molecule has 9 heteroatoms. The molecular formula is C12H20F6NOP. The maximum absolute atomic E-state index is 13.0. The van der Waals surface area contributed by atoms with E-state index >= 15 is 0 Å². The molecule has 0 aromatic carbocycles. The van der Waals surface area contributed by atoms with E-state index in [9.17, 15) is 30.9 Å². The van der Waals surface area contributed by atoms with Crippen LogP contribution >= 0.6 is 7.29 Å². The second kappa shape index (κ2) is 6.32. The normalized spacial score (nSPS) is 16.8. The predicted octanol–water partition coefficient (Wildman–Crippen LogP) is 5.41. The topological polar surface area (TPSA) is 20.3 Å². The van der Waals surface area contributed by atoms with E-state index in [0.29, 0.717) is 0 Å². The third-order valence-corrected chi connectivity index (χ3v) is 6.96. The Morgan fingerprint density at radius 2 is 1.29 bits per heavy atom. The summed E-state index contributed by atoms with van der Waals surface area (Å²) < 4.78 is 90.2. The van der Waals surface area contributed by atoms with Crippen LogP contribution in [0.15, 0.2) is 11.4 Å². The van der Waals surface area contributed by atoms with E-state index in [0.717, 1.165) is 4.67 Å². The lowest BCUT2D eigenvalue weighted by Gasteiger charge is -2.38. The Balaban J connectivity index is 6.33. The molecule has 21 heavy (non-hydrogen) atoms. The third kappa shape index (κ3) is 4.74. The molecule has 0 aromatic rings. The van der Waals surface area contributed by atoms with Gasteiger partial charge in [0.1, 0.15) is 5.57 Å². The maximum Gasteiger partial charge on any atom is 0.421 e. The molecule has 0 amide bonds. The van der Waals surface area contributed by atoms with E-state index in [1.165, 1.54) is 34.6 Å². The first kappa shape index (κ1) is 20.5. The van der Waals surface area contributed by atoms with E-state index in [2.05, 4.69) is 0 Å². The van der Waals surface area contributed by atoms with E-state index in [1.807, 2.05) is 0 Å². The summed E-state index contributed by atoms with van der Waals surface area (Å²) in [6, 6.07) is 0. The van der Waals surface area contributed by atoms with Gasteiger partial charge in [-0.1, -0.05) is 34.6 Å². The van der Waals surface area contributed by atoms with E-state index in [1.54, 1.807) is 0 Å². The summed E-state index contributed by atoms with van der Waals surface area (Å²) >= 11 is 0. The minimum atomic E-state index is -5.60. The Morgan fingerprint density at radius 3 is 1.48 bits per heavy atom. The number of rotatable bonds is 4. The van der Waals surface area contributed by atoms with Crippen molar-refractivity contribution >= 4 is 7.29 Å². The highest BCUT2D eigenvalue weighted by Crippen LogP contribution is 2.64. The van der Waals surface area contributed by atoms with Crippen LogP contribution in [-0.2, 0) is 4.57 Å². The summed E-state index contributed by atoms with van der Waals surface area (Å²) in [5.41, 5.74) is -2.71. The average molecular weight is 339 g/mol. The molecule has 126 valence electrons. The molecule has 0 saturated carbocycles. The zero-order valence-electron chi connectivity index (χ0n) is 12.6. The average Bonchev–Trinajstić information content (AvgIpc) is 2.22. The van der Waals surface area contributed by atoms with Gasteiger partial charge in [0, 0.05) is 24.1 Å². The summed E-state index contributed by atoms with van der Waals surface area (Å²) in [4.78, 5) is 0. The zero-order valence-corrected chi connectivity index (χ0v) is 13.5. The van der Waals surface area contributed by atoms with Crippen molar-refractivity contribution in [2.75, 3.05) is 13.1 Å². The zero-order chi connectivity index (χ0) is 17.3. The highest BCUT2D eigenvalue weighted by molar-refractivity contribution is 7.66. The Kier molecular flexibility index (Phi) is 6.18. The van der Waals surface area contributed by atoms with Crippen molar-refractivity contribution in [1.82, 2.24) is 4.67 Å². The van der Waals surface area contributed by atoms with Crippen molar-refractivity contribution in [1.29, 1.82) is 0 Å². The SMILES string of the molecule is CCN(CC)P(=O)(C=C(C(F)(F)F)C(F)(F)F)C(C)(C)C. The first-order chi connectivity index (χ1) is 9.11. The maximum atomic E-state index is 13.0. The Morgan fingerprint density at radius 1 is 0.952 bits per heavy atom. The van der Waals surface area contributed by atoms with Gasteiger partial charge < -0.3 is 4.57 Å². The first-order valence-corrected chi connectivity index (χ1v) is 8.06. The molecule has 1 atom stereocenters. The van der Waals surface area contributed by atoms with Crippen LogP contribution < -0.4 is 0 Å². The lowest BCUT2D eigenvalue weighted by atomic mass is 10.3. The van der Waals surface area contributed by atoms with Crippen molar-refractivity contribution in [2.45, 2.75) is 52.1 Å². The molecular weight excluding hydrogens is 319 g/mol. The number of nitrogens with zero attached hydrogens (tertiary/aromatic N) is 1. The second-order valence-electron chi connectivity index (χ2n) is 5.47. The fourth-order valence-corrected chi connectivity index (χ4v) is 4.71. The molecule has 1 unspecified atom stereocenters. The molecule has 0 radical (unpaired) electrons. The third-order valence-electron chi connectivity index (χ3n) is 3.03. The number of hydrogen-bond acceptors (Lipinski definition) is 1. The number of allylic oxidation sites excluding steroid dienone is 1. The molecule has 0 fully saturated rings. The van der Waals surface area contributed by atoms with Gasteiger partial charge in [-0.25, -0.2) is 0 Å². The van der Waals surface area contributed by atoms with Gasteiger partial charge in [0.15, 0.2) is 7.29 Å². The highest BCUT2D eigenvalue weighted by atomic mass is 31.2. The quantitative estimate of drug-likeness (QED) is 0.504. The molecule has 0 N–H and O–H groups in total. The van der Waals surface area contributed by atoms with E-state index < -0.39 is 30.4 Å². The van der Waals surface area contributed by atoms with Crippen LogP contribution in [0.2, 0.25) is 0 Å². The molecule has 0 bridgehead atoms. The molecule has 0 heterocycles. The van der Waals surface area contributed by atoms with Crippen molar-refractivity contribution in [3.05, 3.63) is 11.4 Å². The lowest BCUT2D eigenvalue weighted by molar-refractivity contribution is -0.171. The standard InChI is InChI=1S/C12H20F6NOP/c1-6-19(7-2)21(20,10(3,4)5)8-9(11(13,14)15)12(16,17)18/h8H,6-7H2,1-5H3. The molecule has 0 spiro atoms. The monoisotopic (exact) mass is 339 g/mol.